The third-order valence-electron chi connectivity index (χ3n) is 3.35. The Bertz CT molecular complexity index is 630. The summed E-state index contributed by atoms with van der Waals surface area (Å²) >= 11 is 0. The molecule has 0 aliphatic heterocycles. The summed E-state index contributed by atoms with van der Waals surface area (Å²) in [7, 11) is 0. The standard InChI is InChI=1S/C17H23N3O5/c1-10(2)14(16(23)25-11(3)15(22)20-17(18)24)19-13(21)9-12-7-5-4-6-8-12/h4-8,10-11,14H,9H2,1-3H3,(H,19,21)(H3,18,20,22,24)/t11?,14-/m1/s1. The number of nitrogens with one attached hydrogen (secondary N) is 2. The van der Waals surface area contributed by atoms with Crippen molar-refractivity contribution in [3.63, 3.8) is 0 Å². The topological polar surface area (TPSA) is 128 Å². The lowest BCUT2D eigenvalue weighted by Gasteiger charge is -2.22. The molecule has 0 radical (unpaired) electrons. The molecule has 0 aliphatic rings. The van der Waals surface area contributed by atoms with Gasteiger partial charge in [0.25, 0.3) is 5.91 Å². The number of benzene rings is 1. The van der Waals surface area contributed by atoms with Gasteiger partial charge in [0.15, 0.2) is 6.10 Å². The normalized spacial score (nSPS) is 12.8. The van der Waals surface area contributed by atoms with Gasteiger partial charge in [-0.1, -0.05) is 44.2 Å². The van der Waals surface area contributed by atoms with Crippen molar-refractivity contribution in [1.29, 1.82) is 0 Å². The molecule has 1 rings (SSSR count). The fourth-order valence-electron chi connectivity index (χ4n) is 2.03. The van der Waals surface area contributed by atoms with Crippen LogP contribution in [-0.2, 0) is 25.5 Å². The van der Waals surface area contributed by atoms with Gasteiger partial charge in [0.1, 0.15) is 6.04 Å². The average molecular weight is 349 g/mol. The number of rotatable bonds is 7. The Morgan fingerprint density at radius 3 is 2.20 bits per heavy atom. The van der Waals surface area contributed by atoms with E-state index in [-0.39, 0.29) is 18.2 Å². The molecule has 8 heteroatoms. The minimum atomic E-state index is -1.22. The smallest absolute Gasteiger partial charge is 0.329 e. The Balaban J connectivity index is 2.65. The molecule has 1 aromatic carbocycles. The van der Waals surface area contributed by atoms with Gasteiger partial charge < -0.3 is 15.8 Å². The van der Waals surface area contributed by atoms with Crippen LogP contribution in [-0.4, -0.2) is 36.0 Å². The molecular formula is C17H23N3O5. The number of esters is 1. The number of carbonyl (C=O) groups excluding carboxylic acids is 4. The molecule has 0 saturated carbocycles. The van der Waals surface area contributed by atoms with Crippen LogP contribution in [0.15, 0.2) is 30.3 Å². The monoisotopic (exact) mass is 349 g/mol. The molecule has 4 N–H and O–H groups in total. The largest absolute Gasteiger partial charge is 0.451 e. The molecule has 2 atom stereocenters. The first-order valence-corrected chi connectivity index (χ1v) is 7.84. The van der Waals surface area contributed by atoms with E-state index in [4.69, 9.17) is 10.5 Å². The fourth-order valence-corrected chi connectivity index (χ4v) is 2.03. The Hall–Kier alpha value is -2.90. The van der Waals surface area contributed by atoms with Crippen LogP contribution in [0.4, 0.5) is 4.79 Å². The molecule has 25 heavy (non-hydrogen) atoms. The lowest BCUT2D eigenvalue weighted by molar-refractivity contribution is -0.158. The average Bonchev–Trinajstić information content (AvgIpc) is 2.52. The van der Waals surface area contributed by atoms with Gasteiger partial charge in [-0.25, -0.2) is 9.59 Å². The van der Waals surface area contributed by atoms with Crippen LogP contribution in [0.5, 0.6) is 0 Å². The number of amides is 4. The van der Waals surface area contributed by atoms with Crippen LogP contribution in [0.25, 0.3) is 0 Å². The molecule has 136 valence electrons. The van der Waals surface area contributed by atoms with Crippen LogP contribution < -0.4 is 16.4 Å². The molecule has 1 unspecified atom stereocenters. The third-order valence-corrected chi connectivity index (χ3v) is 3.35. The predicted molar refractivity (Wildman–Crippen MR) is 90.2 cm³/mol. The van der Waals surface area contributed by atoms with Gasteiger partial charge >= 0.3 is 12.0 Å². The zero-order chi connectivity index (χ0) is 19.0. The van der Waals surface area contributed by atoms with E-state index in [2.05, 4.69) is 5.32 Å². The van der Waals surface area contributed by atoms with E-state index in [9.17, 15) is 19.2 Å². The molecule has 0 heterocycles. The number of carbonyl (C=O) groups is 4. The number of ether oxygens (including phenoxy) is 1. The first-order chi connectivity index (χ1) is 11.7. The molecule has 1 aromatic rings. The zero-order valence-electron chi connectivity index (χ0n) is 14.4. The van der Waals surface area contributed by atoms with Crippen molar-refractivity contribution in [3.05, 3.63) is 35.9 Å². The lowest BCUT2D eigenvalue weighted by atomic mass is 10.0. The Morgan fingerprint density at radius 2 is 1.68 bits per heavy atom. The number of imide groups is 1. The summed E-state index contributed by atoms with van der Waals surface area (Å²) in [5, 5.41) is 4.44. The second-order valence-electron chi connectivity index (χ2n) is 5.88. The molecular weight excluding hydrogens is 326 g/mol. The number of nitrogens with two attached hydrogens (primary N) is 1. The van der Waals surface area contributed by atoms with E-state index in [1.165, 1.54) is 6.92 Å². The highest BCUT2D eigenvalue weighted by Gasteiger charge is 2.29. The second-order valence-corrected chi connectivity index (χ2v) is 5.88. The molecule has 0 saturated heterocycles. The Kier molecular flexibility index (Phi) is 7.58. The molecule has 0 bridgehead atoms. The fraction of sp³-hybridized carbons (Fsp3) is 0.412. The highest BCUT2D eigenvalue weighted by Crippen LogP contribution is 2.08. The molecule has 0 spiro atoms. The highest BCUT2D eigenvalue weighted by atomic mass is 16.5. The van der Waals surface area contributed by atoms with Gasteiger partial charge in [-0.15, -0.1) is 0 Å². The van der Waals surface area contributed by atoms with E-state index < -0.39 is 30.1 Å². The van der Waals surface area contributed by atoms with E-state index in [1.807, 2.05) is 23.5 Å². The van der Waals surface area contributed by atoms with Crippen molar-refractivity contribution in [2.45, 2.75) is 39.3 Å². The summed E-state index contributed by atoms with van der Waals surface area (Å²) in [5.74, 6) is -2.18. The zero-order valence-corrected chi connectivity index (χ0v) is 14.4. The van der Waals surface area contributed by atoms with Crippen molar-refractivity contribution in [2.75, 3.05) is 0 Å². The molecule has 0 aromatic heterocycles. The van der Waals surface area contributed by atoms with E-state index >= 15 is 0 Å². The summed E-state index contributed by atoms with van der Waals surface area (Å²) in [5.41, 5.74) is 5.65. The summed E-state index contributed by atoms with van der Waals surface area (Å²) in [6.45, 7) is 4.78. The second kappa shape index (κ2) is 9.41. The maximum atomic E-state index is 12.2. The van der Waals surface area contributed by atoms with E-state index in [1.54, 1.807) is 26.0 Å². The van der Waals surface area contributed by atoms with Crippen molar-refractivity contribution >= 4 is 23.8 Å². The first-order valence-electron chi connectivity index (χ1n) is 7.84. The van der Waals surface area contributed by atoms with Gasteiger partial charge in [0.2, 0.25) is 5.91 Å². The number of primary amides is 1. The molecule has 4 amide bonds. The number of urea groups is 1. The predicted octanol–water partition coefficient (Wildman–Crippen LogP) is 0.496. The summed E-state index contributed by atoms with van der Waals surface area (Å²) in [4.78, 5) is 46.6. The van der Waals surface area contributed by atoms with Crippen molar-refractivity contribution in [2.24, 2.45) is 11.7 Å². The summed E-state index contributed by atoms with van der Waals surface area (Å²) < 4.78 is 5.01. The number of hydrogen-bond acceptors (Lipinski definition) is 5. The molecule has 0 aliphatic carbocycles. The van der Waals surface area contributed by atoms with E-state index in [0.717, 1.165) is 5.56 Å². The quantitative estimate of drug-likeness (QED) is 0.618. The van der Waals surface area contributed by atoms with Crippen molar-refractivity contribution in [3.8, 4) is 0 Å². The minimum Gasteiger partial charge on any atom is -0.451 e. The van der Waals surface area contributed by atoms with E-state index in [0.29, 0.717) is 0 Å². The maximum Gasteiger partial charge on any atom is 0.329 e. The van der Waals surface area contributed by atoms with Crippen LogP contribution >= 0.6 is 0 Å². The van der Waals surface area contributed by atoms with Gasteiger partial charge in [0, 0.05) is 0 Å². The van der Waals surface area contributed by atoms with Crippen LogP contribution in [0.3, 0.4) is 0 Å². The minimum absolute atomic E-state index is 0.120. The third kappa shape index (κ3) is 7.03. The van der Waals surface area contributed by atoms with Crippen LogP contribution in [0.2, 0.25) is 0 Å². The summed E-state index contributed by atoms with van der Waals surface area (Å²) in [6.07, 6.45) is -1.10. The molecule has 8 nitrogen and oxygen atoms in total. The Labute approximate surface area is 146 Å². The van der Waals surface area contributed by atoms with Gasteiger partial charge in [-0.05, 0) is 18.4 Å². The first kappa shape index (κ1) is 20.1. The van der Waals surface area contributed by atoms with Gasteiger partial charge in [0.05, 0.1) is 6.42 Å². The SMILES string of the molecule is CC(OC(=O)[C@H](NC(=O)Cc1ccccc1)C(C)C)C(=O)NC(N)=O. The Morgan fingerprint density at radius 1 is 1.08 bits per heavy atom. The summed E-state index contributed by atoms with van der Waals surface area (Å²) in [6, 6.07) is 7.13. The molecule has 0 fully saturated rings. The lowest BCUT2D eigenvalue weighted by Crippen LogP contribution is -2.49. The van der Waals surface area contributed by atoms with Crippen molar-refractivity contribution < 1.29 is 23.9 Å². The van der Waals surface area contributed by atoms with Gasteiger partial charge in [-0.3, -0.25) is 14.9 Å². The van der Waals surface area contributed by atoms with Crippen LogP contribution in [0.1, 0.15) is 26.3 Å². The van der Waals surface area contributed by atoms with Gasteiger partial charge in [-0.2, -0.15) is 0 Å². The van der Waals surface area contributed by atoms with Crippen LogP contribution in [0, 0.1) is 5.92 Å². The maximum absolute atomic E-state index is 12.2. The number of hydrogen-bond donors (Lipinski definition) is 3. The van der Waals surface area contributed by atoms with Crippen molar-refractivity contribution in [1.82, 2.24) is 10.6 Å². The highest BCUT2D eigenvalue weighted by molar-refractivity contribution is 5.96.